The van der Waals surface area contributed by atoms with E-state index in [4.69, 9.17) is 0 Å². The highest BCUT2D eigenvalue weighted by atomic mass is 15.3. The van der Waals surface area contributed by atoms with E-state index in [1.54, 1.807) is 0 Å². The van der Waals surface area contributed by atoms with Crippen LogP contribution >= 0.6 is 0 Å². The number of aromatic nitrogens is 4. The van der Waals surface area contributed by atoms with Crippen molar-refractivity contribution in [1.82, 2.24) is 24.5 Å². The molecule has 6 heteroatoms. The number of anilines is 1. The van der Waals surface area contributed by atoms with E-state index in [1.807, 2.05) is 6.92 Å². The SMILES string of the molecule is Cc1cc2c(cc(N[C@H]3CCN[C@@H](C)C3)c3nnc(C)n32)n1Cc1ccccc1. The van der Waals surface area contributed by atoms with Crippen LogP contribution in [0.3, 0.4) is 0 Å². The van der Waals surface area contributed by atoms with Gasteiger partial charge in [-0.1, -0.05) is 30.3 Å². The smallest absolute Gasteiger partial charge is 0.184 e. The Morgan fingerprint density at radius 2 is 1.93 bits per heavy atom. The molecule has 0 radical (unpaired) electrons. The van der Waals surface area contributed by atoms with Crippen LogP contribution in [0.1, 0.15) is 36.8 Å². The van der Waals surface area contributed by atoms with Gasteiger partial charge in [0, 0.05) is 24.3 Å². The van der Waals surface area contributed by atoms with Gasteiger partial charge in [0.05, 0.1) is 16.7 Å². The second kappa shape index (κ2) is 7.19. The van der Waals surface area contributed by atoms with Crippen LogP contribution in [0.25, 0.3) is 16.7 Å². The van der Waals surface area contributed by atoms with Crippen molar-refractivity contribution >= 4 is 22.4 Å². The zero-order valence-corrected chi connectivity index (χ0v) is 17.3. The van der Waals surface area contributed by atoms with Crippen LogP contribution in [-0.4, -0.2) is 37.8 Å². The Bertz CT molecular complexity index is 1160. The van der Waals surface area contributed by atoms with E-state index in [0.29, 0.717) is 12.1 Å². The average molecular weight is 389 g/mol. The molecule has 1 aliphatic heterocycles. The molecule has 0 aliphatic carbocycles. The predicted molar refractivity (Wildman–Crippen MR) is 118 cm³/mol. The third-order valence-electron chi connectivity index (χ3n) is 6.08. The number of hydrogen-bond donors (Lipinski definition) is 2. The first-order valence-electron chi connectivity index (χ1n) is 10.5. The second-order valence-corrected chi connectivity index (χ2v) is 8.31. The quantitative estimate of drug-likeness (QED) is 0.557. The Morgan fingerprint density at radius 3 is 2.72 bits per heavy atom. The number of benzene rings is 1. The molecule has 0 spiro atoms. The minimum Gasteiger partial charge on any atom is -0.379 e. The fourth-order valence-corrected chi connectivity index (χ4v) is 4.60. The lowest BCUT2D eigenvalue weighted by atomic mass is 10.0. The third-order valence-corrected chi connectivity index (χ3v) is 6.08. The first kappa shape index (κ1) is 18.2. The summed E-state index contributed by atoms with van der Waals surface area (Å²) in [6.07, 6.45) is 2.23. The molecule has 29 heavy (non-hydrogen) atoms. The minimum absolute atomic E-state index is 0.447. The van der Waals surface area contributed by atoms with E-state index in [2.05, 4.69) is 86.1 Å². The number of pyridine rings is 1. The molecule has 0 saturated carbocycles. The van der Waals surface area contributed by atoms with Gasteiger partial charge in [0.25, 0.3) is 0 Å². The van der Waals surface area contributed by atoms with Gasteiger partial charge in [-0.3, -0.25) is 4.40 Å². The van der Waals surface area contributed by atoms with Gasteiger partial charge in [-0.15, -0.1) is 10.2 Å². The molecule has 150 valence electrons. The lowest BCUT2D eigenvalue weighted by Gasteiger charge is -2.29. The number of hydrogen-bond acceptors (Lipinski definition) is 4. The minimum atomic E-state index is 0.447. The van der Waals surface area contributed by atoms with E-state index in [-0.39, 0.29) is 0 Å². The largest absolute Gasteiger partial charge is 0.379 e. The molecule has 1 fully saturated rings. The molecular formula is C23H28N6. The standard InChI is InChI=1S/C23H28N6/c1-15-11-19(9-10-24-15)25-20-13-21-22(29-17(3)26-27-23(20)29)12-16(2)28(21)14-18-7-5-4-6-8-18/h4-8,12-13,15,19,24-25H,9-11,14H2,1-3H3/t15-,19-/m0/s1. The molecule has 1 aliphatic rings. The molecule has 0 bridgehead atoms. The first-order chi connectivity index (χ1) is 14.1. The summed E-state index contributed by atoms with van der Waals surface area (Å²) in [6.45, 7) is 8.36. The molecule has 1 saturated heterocycles. The van der Waals surface area contributed by atoms with Crippen LogP contribution < -0.4 is 10.6 Å². The number of aryl methyl sites for hydroxylation is 2. The first-order valence-corrected chi connectivity index (χ1v) is 10.5. The zero-order chi connectivity index (χ0) is 20.0. The maximum Gasteiger partial charge on any atom is 0.184 e. The van der Waals surface area contributed by atoms with Crippen molar-refractivity contribution in [3.05, 3.63) is 59.5 Å². The van der Waals surface area contributed by atoms with Crippen LogP contribution in [0.15, 0.2) is 42.5 Å². The molecular weight excluding hydrogens is 360 g/mol. The summed E-state index contributed by atoms with van der Waals surface area (Å²) < 4.78 is 4.58. The average Bonchev–Trinajstić information content (AvgIpc) is 3.24. The van der Waals surface area contributed by atoms with E-state index < -0.39 is 0 Å². The highest BCUT2D eigenvalue weighted by Crippen LogP contribution is 2.29. The number of rotatable bonds is 4. The highest BCUT2D eigenvalue weighted by molar-refractivity contribution is 5.88. The Morgan fingerprint density at radius 1 is 1.10 bits per heavy atom. The summed E-state index contributed by atoms with van der Waals surface area (Å²) in [6, 6.07) is 16.1. The summed E-state index contributed by atoms with van der Waals surface area (Å²) in [5.74, 6) is 0.921. The molecule has 2 N–H and O–H groups in total. The Labute approximate surface area is 170 Å². The van der Waals surface area contributed by atoms with Gasteiger partial charge >= 0.3 is 0 Å². The molecule has 3 aromatic heterocycles. The van der Waals surface area contributed by atoms with Crippen molar-refractivity contribution in [3.63, 3.8) is 0 Å². The maximum atomic E-state index is 4.50. The lowest BCUT2D eigenvalue weighted by molar-refractivity contribution is 0.396. The van der Waals surface area contributed by atoms with Gasteiger partial charge in [-0.25, -0.2) is 0 Å². The predicted octanol–water partition coefficient (Wildman–Crippen LogP) is 3.90. The molecule has 4 aromatic rings. The highest BCUT2D eigenvalue weighted by Gasteiger charge is 2.21. The molecule has 2 atom stereocenters. The van der Waals surface area contributed by atoms with E-state index in [1.165, 1.54) is 22.3 Å². The van der Waals surface area contributed by atoms with E-state index in [9.17, 15) is 0 Å². The number of fused-ring (bicyclic) bond motifs is 3. The second-order valence-electron chi connectivity index (χ2n) is 8.31. The number of piperidine rings is 1. The summed E-state index contributed by atoms with van der Waals surface area (Å²) >= 11 is 0. The van der Waals surface area contributed by atoms with Crippen LogP contribution in [0.4, 0.5) is 5.69 Å². The summed E-state index contributed by atoms with van der Waals surface area (Å²) in [4.78, 5) is 0. The van der Waals surface area contributed by atoms with Crippen LogP contribution in [-0.2, 0) is 6.54 Å². The monoisotopic (exact) mass is 388 g/mol. The summed E-state index contributed by atoms with van der Waals surface area (Å²) in [7, 11) is 0. The van der Waals surface area contributed by atoms with Crippen LogP contribution in [0.5, 0.6) is 0 Å². The van der Waals surface area contributed by atoms with Crippen molar-refractivity contribution in [2.75, 3.05) is 11.9 Å². The molecule has 4 heterocycles. The van der Waals surface area contributed by atoms with Gasteiger partial charge < -0.3 is 15.2 Å². The normalized spacial score (nSPS) is 19.8. The van der Waals surface area contributed by atoms with Crippen molar-refractivity contribution in [2.24, 2.45) is 0 Å². The van der Waals surface area contributed by atoms with Gasteiger partial charge in [-0.05, 0) is 57.9 Å². The maximum absolute atomic E-state index is 4.50. The zero-order valence-electron chi connectivity index (χ0n) is 17.3. The van der Waals surface area contributed by atoms with Gasteiger partial charge in [0.15, 0.2) is 5.65 Å². The molecule has 5 rings (SSSR count). The number of nitrogens with zero attached hydrogens (tertiary/aromatic N) is 4. The van der Waals surface area contributed by atoms with Crippen LogP contribution in [0.2, 0.25) is 0 Å². The van der Waals surface area contributed by atoms with Gasteiger partial charge in [-0.2, -0.15) is 0 Å². The fourth-order valence-electron chi connectivity index (χ4n) is 4.60. The van der Waals surface area contributed by atoms with Crippen LogP contribution in [0, 0.1) is 13.8 Å². The Kier molecular flexibility index (Phi) is 4.51. The summed E-state index contributed by atoms with van der Waals surface area (Å²) in [5, 5.41) is 16.2. The molecule has 6 nitrogen and oxygen atoms in total. The summed E-state index contributed by atoms with van der Waals surface area (Å²) in [5.41, 5.74) is 6.91. The van der Waals surface area contributed by atoms with E-state index >= 15 is 0 Å². The Balaban J connectivity index is 1.63. The molecule has 1 aromatic carbocycles. The van der Waals surface area contributed by atoms with Crippen molar-refractivity contribution in [2.45, 2.75) is 52.2 Å². The van der Waals surface area contributed by atoms with Crippen molar-refractivity contribution < 1.29 is 0 Å². The molecule has 0 amide bonds. The third kappa shape index (κ3) is 3.27. The van der Waals surface area contributed by atoms with Crippen molar-refractivity contribution in [1.29, 1.82) is 0 Å². The fraction of sp³-hybridized carbons (Fsp3) is 0.391. The topological polar surface area (TPSA) is 59.2 Å². The number of nitrogens with one attached hydrogen (secondary N) is 2. The molecule has 0 unspecified atom stereocenters. The Hall–Kier alpha value is -2.86. The van der Waals surface area contributed by atoms with Crippen molar-refractivity contribution in [3.8, 4) is 0 Å². The lowest BCUT2D eigenvalue weighted by Crippen LogP contribution is -2.41. The van der Waals surface area contributed by atoms with Gasteiger partial charge in [0.2, 0.25) is 0 Å². The van der Waals surface area contributed by atoms with E-state index in [0.717, 1.165) is 43.1 Å². The van der Waals surface area contributed by atoms with Gasteiger partial charge in [0.1, 0.15) is 5.82 Å².